The zero-order valence-corrected chi connectivity index (χ0v) is 12.2. The third-order valence-corrected chi connectivity index (χ3v) is 3.67. The average molecular weight is 299 g/mol. The minimum Gasteiger partial charge on any atom is -0.341 e. The maximum absolute atomic E-state index is 12.0. The summed E-state index contributed by atoms with van der Waals surface area (Å²) in [5.74, 6) is -0.574. The zero-order chi connectivity index (χ0) is 15.4. The molecular formula is C15H17N5O2. The van der Waals surface area contributed by atoms with Crippen molar-refractivity contribution < 1.29 is 9.59 Å². The Bertz CT molecular complexity index is 697. The number of carbonyl (C=O) groups is 2. The Morgan fingerprint density at radius 2 is 1.77 bits per heavy atom. The molecule has 0 bridgehead atoms. The highest BCUT2D eigenvalue weighted by atomic mass is 16.2. The molecule has 114 valence electrons. The second-order valence-corrected chi connectivity index (χ2v) is 5.25. The van der Waals surface area contributed by atoms with Crippen molar-refractivity contribution in [1.29, 1.82) is 0 Å². The lowest BCUT2D eigenvalue weighted by Crippen LogP contribution is -2.42. The molecule has 0 radical (unpaired) electrons. The van der Waals surface area contributed by atoms with Crippen molar-refractivity contribution in [2.75, 3.05) is 19.6 Å². The van der Waals surface area contributed by atoms with Gasteiger partial charge in [-0.15, -0.1) is 10.2 Å². The van der Waals surface area contributed by atoms with Gasteiger partial charge in [-0.3, -0.25) is 9.59 Å². The van der Waals surface area contributed by atoms with Crippen molar-refractivity contribution in [2.45, 2.75) is 19.3 Å². The lowest BCUT2D eigenvalue weighted by Gasteiger charge is -2.26. The lowest BCUT2D eigenvalue weighted by atomic mass is 10.1. The summed E-state index contributed by atoms with van der Waals surface area (Å²) in [4.78, 5) is 30.0. The molecule has 0 aliphatic carbocycles. The fourth-order valence-corrected chi connectivity index (χ4v) is 2.47. The summed E-state index contributed by atoms with van der Waals surface area (Å²) in [6.45, 7) is 1.50. The number of likely N-dealkylation sites (tertiary alicyclic amines) is 1. The van der Waals surface area contributed by atoms with Crippen LogP contribution in [0.5, 0.6) is 0 Å². The summed E-state index contributed by atoms with van der Waals surface area (Å²) >= 11 is 0. The number of aromatic nitrogens is 3. The van der Waals surface area contributed by atoms with Crippen molar-refractivity contribution in [3.8, 4) is 0 Å². The third kappa shape index (κ3) is 3.19. The van der Waals surface area contributed by atoms with Gasteiger partial charge in [0.1, 0.15) is 5.52 Å². The summed E-state index contributed by atoms with van der Waals surface area (Å²) in [5, 5.41) is 10.3. The molecule has 0 unspecified atom stereocenters. The number of carbonyl (C=O) groups excluding carboxylic acids is 2. The molecule has 0 saturated carbocycles. The quantitative estimate of drug-likeness (QED) is 0.904. The number of nitrogens with one attached hydrogen (secondary N) is 1. The molecule has 3 rings (SSSR count). The molecule has 7 nitrogen and oxygen atoms in total. The molecule has 1 saturated heterocycles. The van der Waals surface area contributed by atoms with Crippen LogP contribution in [0, 0.1) is 0 Å². The molecule has 2 amide bonds. The van der Waals surface area contributed by atoms with E-state index in [2.05, 4.69) is 20.5 Å². The Labute approximate surface area is 127 Å². The first-order chi connectivity index (χ1) is 10.7. The van der Waals surface area contributed by atoms with Crippen LogP contribution in [0.2, 0.25) is 0 Å². The fourth-order valence-electron chi connectivity index (χ4n) is 2.47. The molecule has 2 aromatic rings. The SMILES string of the molecule is O=C(NCC(=O)N1CCCCC1)c1nnc2ccccc2n1. The summed E-state index contributed by atoms with van der Waals surface area (Å²) in [5.41, 5.74) is 1.23. The van der Waals surface area contributed by atoms with E-state index in [9.17, 15) is 9.59 Å². The van der Waals surface area contributed by atoms with Crippen LogP contribution in [-0.2, 0) is 4.79 Å². The standard InChI is InChI=1S/C15H17N5O2/c21-13(20-8-4-1-5-9-20)10-16-15(22)14-17-11-6-2-3-7-12(11)18-19-14/h2-3,6-7H,1,4-5,8-10H2,(H,16,22). The van der Waals surface area contributed by atoms with Crippen molar-refractivity contribution in [3.63, 3.8) is 0 Å². The van der Waals surface area contributed by atoms with Gasteiger partial charge in [-0.05, 0) is 31.4 Å². The van der Waals surface area contributed by atoms with Crippen LogP contribution in [0.15, 0.2) is 24.3 Å². The van der Waals surface area contributed by atoms with Crippen LogP contribution in [0.25, 0.3) is 11.0 Å². The zero-order valence-electron chi connectivity index (χ0n) is 12.2. The fraction of sp³-hybridized carbons (Fsp3) is 0.400. The van der Waals surface area contributed by atoms with Gasteiger partial charge in [0.2, 0.25) is 11.7 Å². The summed E-state index contributed by atoms with van der Waals surface area (Å²) < 4.78 is 0. The van der Waals surface area contributed by atoms with Crippen molar-refractivity contribution in [3.05, 3.63) is 30.1 Å². The topological polar surface area (TPSA) is 88.1 Å². The predicted octanol–water partition coefficient (Wildman–Crippen LogP) is 0.767. The molecule has 0 atom stereocenters. The van der Waals surface area contributed by atoms with E-state index in [1.54, 1.807) is 17.0 Å². The van der Waals surface area contributed by atoms with E-state index in [1.807, 2.05) is 12.1 Å². The highest BCUT2D eigenvalue weighted by molar-refractivity contribution is 5.94. The molecule has 1 aliphatic heterocycles. The highest BCUT2D eigenvalue weighted by Gasteiger charge is 2.18. The van der Waals surface area contributed by atoms with Crippen LogP contribution < -0.4 is 5.32 Å². The molecule has 1 fully saturated rings. The summed E-state index contributed by atoms with van der Waals surface area (Å²) in [6, 6.07) is 7.19. The van der Waals surface area contributed by atoms with Gasteiger partial charge in [-0.25, -0.2) is 4.98 Å². The first-order valence-corrected chi connectivity index (χ1v) is 7.39. The number of hydrogen-bond acceptors (Lipinski definition) is 5. The Balaban J connectivity index is 1.61. The second-order valence-electron chi connectivity index (χ2n) is 5.25. The Morgan fingerprint density at radius 1 is 1.05 bits per heavy atom. The third-order valence-electron chi connectivity index (χ3n) is 3.67. The smallest absolute Gasteiger partial charge is 0.291 e. The number of amides is 2. The number of nitrogens with zero attached hydrogens (tertiary/aromatic N) is 4. The molecule has 1 aromatic heterocycles. The molecule has 0 spiro atoms. The van der Waals surface area contributed by atoms with Crippen LogP contribution in [0.3, 0.4) is 0 Å². The number of rotatable bonds is 3. The number of fused-ring (bicyclic) bond motifs is 1. The van der Waals surface area contributed by atoms with Gasteiger partial charge in [0.15, 0.2) is 0 Å². The number of benzene rings is 1. The molecule has 1 aromatic carbocycles. The van der Waals surface area contributed by atoms with Gasteiger partial charge >= 0.3 is 0 Å². The number of para-hydroxylation sites is 1. The number of hydrogen-bond donors (Lipinski definition) is 1. The highest BCUT2D eigenvalue weighted by Crippen LogP contribution is 2.08. The molecule has 1 aliphatic rings. The van der Waals surface area contributed by atoms with Gasteiger partial charge in [-0.2, -0.15) is 0 Å². The minimum absolute atomic E-state index is 0.0230. The number of piperidine rings is 1. The van der Waals surface area contributed by atoms with Gasteiger partial charge in [0, 0.05) is 13.1 Å². The van der Waals surface area contributed by atoms with Gasteiger partial charge in [-0.1, -0.05) is 12.1 Å². The van der Waals surface area contributed by atoms with Crippen LogP contribution in [0.1, 0.15) is 29.9 Å². The van der Waals surface area contributed by atoms with Gasteiger partial charge in [0.25, 0.3) is 5.91 Å². The van der Waals surface area contributed by atoms with E-state index in [0.717, 1.165) is 32.4 Å². The largest absolute Gasteiger partial charge is 0.341 e. The lowest BCUT2D eigenvalue weighted by molar-refractivity contribution is -0.130. The van der Waals surface area contributed by atoms with Crippen LogP contribution in [0.4, 0.5) is 0 Å². The predicted molar refractivity (Wildman–Crippen MR) is 80.1 cm³/mol. The van der Waals surface area contributed by atoms with Crippen LogP contribution >= 0.6 is 0 Å². The van der Waals surface area contributed by atoms with E-state index >= 15 is 0 Å². The van der Waals surface area contributed by atoms with Gasteiger partial charge < -0.3 is 10.2 Å². The van der Waals surface area contributed by atoms with Crippen molar-refractivity contribution >= 4 is 22.8 Å². The maximum atomic E-state index is 12.0. The van der Waals surface area contributed by atoms with Crippen molar-refractivity contribution in [2.24, 2.45) is 0 Å². The van der Waals surface area contributed by atoms with E-state index in [-0.39, 0.29) is 18.3 Å². The molecule has 1 N–H and O–H groups in total. The summed E-state index contributed by atoms with van der Waals surface area (Å²) in [6.07, 6.45) is 3.21. The molecule has 22 heavy (non-hydrogen) atoms. The average Bonchev–Trinajstić information content (AvgIpc) is 2.59. The normalized spacial score (nSPS) is 14.8. The first-order valence-electron chi connectivity index (χ1n) is 7.39. The monoisotopic (exact) mass is 299 g/mol. The van der Waals surface area contributed by atoms with Crippen molar-refractivity contribution in [1.82, 2.24) is 25.4 Å². The van der Waals surface area contributed by atoms with Gasteiger partial charge in [0.05, 0.1) is 12.1 Å². The van der Waals surface area contributed by atoms with E-state index in [1.165, 1.54) is 0 Å². The Morgan fingerprint density at radius 3 is 2.55 bits per heavy atom. The Kier molecular flexibility index (Phi) is 4.22. The first kappa shape index (κ1) is 14.4. The molecular weight excluding hydrogens is 282 g/mol. The molecule has 2 heterocycles. The minimum atomic E-state index is -0.483. The van der Waals surface area contributed by atoms with E-state index in [4.69, 9.17) is 0 Å². The second kappa shape index (κ2) is 6.46. The maximum Gasteiger partial charge on any atom is 0.291 e. The molecule has 7 heteroatoms. The van der Waals surface area contributed by atoms with Crippen LogP contribution in [-0.4, -0.2) is 51.5 Å². The Hall–Kier alpha value is -2.57. The van der Waals surface area contributed by atoms with E-state index in [0.29, 0.717) is 11.0 Å². The van der Waals surface area contributed by atoms with E-state index < -0.39 is 5.91 Å². The summed E-state index contributed by atoms with van der Waals surface area (Å²) in [7, 11) is 0.